The van der Waals surface area contributed by atoms with Gasteiger partial charge in [-0.05, 0) is 55.0 Å². The normalized spacial score (nSPS) is 16.3. The van der Waals surface area contributed by atoms with Gasteiger partial charge in [0.25, 0.3) is 0 Å². The molecule has 0 bridgehead atoms. The molecular weight excluding hydrogens is 366 g/mol. The molecule has 3 nitrogen and oxygen atoms in total. The van der Waals surface area contributed by atoms with Gasteiger partial charge in [-0.25, -0.2) is 0 Å². The third-order valence-corrected chi connectivity index (χ3v) is 4.81. The van der Waals surface area contributed by atoms with Crippen LogP contribution < -0.4 is 10.1 Å². The van der Waals surface area contributed by atoms with Gasteiger partial charge in [-0.1, -0.05) is 46.3 Å². The molecule has 1 N–H and O–H groups in total. The molecule has 4 heteroatoms. The number of benzene rings is 2. The molecule has 0 saturated carbocycles. The highest BCUT2D eigenvalue weighted by atomic mass is 79.9. The van der Waals surface area contributed by atoms with E-state index in [1.54, 1.807) is 0 Å². The fourth-order valence-electron chi connectivity index (χ4n) is 3.15. The maximum atomic E-state index is 12.2. The molecule has 0 unspecified atom stereocenters. The lowest BCUT2D eigenvalue weighted by Gasteiger charge is -2.26. The fraction of sp³-hybridized carbons (Fsp3) is 0.350. The molecule has 0 heterocycles. The second-order valence-electron chi connectivity index (χ2n) is 6.12. The van der Waals surface area contributed by atoms with Crippen molar-refractivity contribution >= 4 is 21.8 Å². The molecule has 1 atom stereocenters. The molecule has 0 aromatic heterocycles. The zero-order valence-corrected chi connectivity index (χ0v) is 15.2. The van der Waals surface area contributed by atoms with Gasteiger partial charge >= 0.3 is 0 Å². The minimum atomic E-state index is 0.106. The van der Waals surface area contributed by atoms with E-state index in [0.29, 0.717) is 19.4 Å². The lowest BCUT2D eigenvalue weighted by Crippen LogP contribution is -2.31. The van der Waals surface area contributed by atoms with E-state index in [1.807, 2.05) is 24.3 Å². The van der Waals surface area contributed by atoms with Crippen molar-refractivity contribution in [2.45, 2.75) is 38.1 Å². The second-order valence-corrected chi connectivity index (χ2v) is 7.04. The number of hydrogen-bond donors (Lipinski definition) is 1. The number of aryl methyl sites for hydroxylation is 1. The number of fused-ring (bicyclic) bond motifs is 1. The number of amides is 1. The first-order valence-electron chi connectivity index (χ1n) is 8.48. The van der Waals surface area contributed by atoms with Gasteiger partial charge in [0.15, 0.2) is 0 Å². The predicted octanol–water partition coefficient (Wildman–Crippen LogP) is 4.80. The summed E-state index contributed by atoms with van der Waals surface area (Å²) >= 11 is 3.42. The molecule has 2 aromatic carbocycles. The van der Waals surface area contributed by atoms with Crippen LogP contribution in [0.15, 0.2) is 53.0 Å². The van der Waals surface area contributed by atoms with Crippen molar-refractivity contribution in [3.8, 4) is 5.75 Å². The molecule has 0 aliphatic heterocycles. The molecule has 0 radical (unpaired) electrons. The van der Waals surface area contributed by atoms with Crippen LogP contribution in [0, 0.1) is 0 Å². The molecule has 1 amide bonds. The SMILES string of the molecule is O=C(CCCOc1cccc(Br)c1)N[C@H]1CCCc2ccccc21. The van der Waals surface area contributed by atoms with E-state index in [-0.39, 0.29) is 11.9 Å². The van der Waals surface area contributed by atoms with Crippen LogP contribution in [0.2, 0.25) is 0 Å². The number of ether oxygens (including phenoxy) is 1. The third kappa shape index (κ3) is 4.60. The van der Waals surface area contributed by atoms with Crippen molar-refractivity contribution in [2.75, 3.05) is 6.61 Å². The Hall–Kier alpha value is -1.81. The molecule has 1 aliphatic carbocycles. The molecule has 126 valence electrons. The van der Waals surface area contributed by atoms with E-state index in [4.69, 9.17) is 4.74 Å². The van der Waals surface area contributed by atoms with Crippen LogP contribution in [0.3, 0.4) is 0 Å². The van der Waals surface area contributed by atoms with Gasteiger partial charge in [0.1, 0.15) is 5.75 Å². The highest BCUT2D eigenvalue weighted by molar-refractivity contribution is 9.10. The van der Waals surface area contributed by atoms with E-state index in [9.17, 15) is 4.79 Å². The number of halogens is 1. The number of carbonyl (C=O) groups is 1. The molecule has 0 spiro atoms. The molecule has 0 saturated heterocycles. The number of nitrogens with one attached hydrogen (secondary N) is 1. The summed E-state index contributed by atoms with van der Waals surface area (Å²) in [6.45, 7) is 0.547. The van der Waals surface area contributed by atoms with Crippen molar-refractivity contribution in [3.63, 3.8) is 0 Å². The van der Waals surface area contributed by atoms with E-state index in [2.05, 4.69) is 45.5 Å². The van der Waals surface area contributed by atoms with Crippen molar-refractivity contribution < 1.29 is 9.53 Å². The van der Waals surface area contributed by atoms with Crippen molar-refractivity contribution in [2.24, 2.45) is 0 Å². The number of rotatable bonds is 6. The van der Waals surface area contributed by atoms with Gasteiger partial charge in [-0.3, -0.25) is 4.79 Å². The maximum absolute atomic E-state index is 12.2. The topological polar surface area (TPSA) is 38.3 Å². The zero-order valence-electron chi connectivity index (χ0n) is 13.6. The van der Waals surface area contributed by atoms with Crippen LogP contribution in [-0.4, -0.2) is 12.5 Å². The summed E-state index contributed by atoms with van der Waals surface area (Å²) in [5, 5.41) is 3.18. The number of carbonyl (C=O) groups excluding carboxylic acids is 1. The average Bonchev–Trinajstić information content (AvgIpc) is 2.59. The Balaban J connectivity index is 1.43. The Kier molecular flexibility index (Phi) is 5.91. The van der Waals surface area contributed by atoms with Crippen LogP contribution in [0.4, 0.5) is 0 Å². The van der Waals surface area contributed by atoms with Gasteiger partial charge < -0.3 is 10.1 Å². The average molecular weight is 388 g/mol. The highest BCUT2D eigenvalue weighted by Gasteiger charge is 2.20. The lowest BCUT2D eigenvalue weighted by atomic mass is 9.87. The van der Waals surface area contributed by atoms with Gasteiger partial charge in [-0.15, -0.1) is 0 Å². The standard InChI is InChI=1S/C20H22BrNO2/c21-16-8-4-9-17(14-16)24-13-5-12-20(23)22-19-11-3-7-15-6-1-2-10-18(15)19/h1-2,4,6,8-10,14,19H,3,5,7,11-13H2,(H,22,23)/t19-/m0/s1. The summed E-state index contributed by atoms with van der Waals surface area (Å²) in [5.41, 5.74) is 2.65. The van der Waals surface area contributed by atoms with Crippen molar-refractivity contribution in [3.05, 3.63) is 64.1 Å². The Bertz CT molecular complexity index is 702. The molecule has 24 heavy (non-hydrogen) atoms. The summed E-state index contributed by atoms with van der Waals surface area (Å²) in [5.74, 6) is 0.931. The lowest BCUT2D eigenvalue weighted by molar-refractivity contribution is -0.122. The van der Waals surface area contributed by atoms with Crippen LogP contribution in [0.25, 0.3) is 0 Å². The largest absolute Gasteiger partial charge is 0.494 e. The fourth-order valence-corrected chi connectivity index (χ4v) is 3.53. The Morgan fingerprint density at radius 1 is 1.21 bits per heavy atom. The zero-order chi connectivity index (χ0) is 16.8. The van der Waals surface area contributed by atoms with Crippen LogP contribution in [-0.2, 0) is 11.2 Å². The minimum absolute atomic E-state index is 0.106. The Morgan fingerprint density at radius 2 is 2.08 bits per heavy atom. The summed E-state index contributed by atoms with van der Waals surface area (Å²) < 4.78 is 6.67. The van der Waals surface area contributed by atoms with Crippen molar-refractivity contribution in [1.29, 1.82) is 0 Å². The van der Waals surface area contributed by atoms with E-state index in [1.165, 1.54) is 11.1 Å². The van der Waals surface area contributed by atoms with E-state index in [0.717, 1.165) is 29.5 Å². The van der Waals surface area contributed by atoms with Crippen LogP contribution in [0.1, 0.15) is 42.9 Å². The molecule has 0 fully saturated rings. The molecule has 2 aromatic rings. The quantitative estimate of drug-likeness (QED) is 0.722. The maximum Gasteiger partial charge on any atom is 0.220 e. The molecule has 3 rings (SSSR count). The predicted molar refractivity (Wildman–Crippen MR) is 99.1 cm³/mol. The second kappa shape index (κ2) is 8.34. The number of hydrogen-bond acceptors (Lipinski definition) is 2. The smallest absolute Gasteiger partial charge is 0.220 e. The first-order chi connectivity index (χ1) is 11.7. The monoisotopic (exact) mass is 387 g/mol. The first kappa shape index (κ1) is 17.0. The third-order valence-electron chi connectivity index (χ3n) is 4.32. The minimum Gasteiger partial charge on any atom is -0.494 e. The molecular formula is C20H22BrNO2. The molecule has 1 aliphatic rings. The summed E-state index contributed by atoms with van der Waals surface area (Å²) in [6, 6.07) is 16.3. The summed E-state index contributed by atoms with van der Waals surface area (Å²) in [4.78, 5) is 12.2. The van der Waals surface area contributed by atoms with Gasteiger partial charge in [0.2, 0.25) is 5.91 Å². The van der Waals surface area contributed by atoms with Crippen LogP contribution >= 0.6 is 15.9 Å². The highest BCUT2D eigenvalue weighted by Crippen LogP contribution is 2.29. The van der Waals surface area contributed by atoms with Crippen LogP contribution in [0.5, 0.6) is 5.75 Å². The Labute approximate surface area is 151 Å². The Morgan fingerprint density at radius 3 is 2.96 bits per heavy atom. The van der Waals surface area contributed by atoms with Gasteiger partial charge in [0.05, 0.1) is 12.6 Å². The summed E-state index contributed by atoms with van der Waals surface area (Å²) in [7, 11) is 0. The van der Waals surface area contributed by atoms with Crippen molar-refractivity contribution in [1.82, 2.24) is 5.32 Å². The van der Waals surface area contributed by atoms with Gasteiger partial charge in [-0.2, -0.15) is 0 Å². The summed E-state index contributed by atoms with van der Waals surface area (Å²) in [6.07, 6.45) is 4.48. The van der Waals surface area contributed by atoms with Gasteiger partial charge in [0, 0.05) is 10.9 Å². The van der Waals surface area contributed by atoms with E-state index < -0.39 is 0 Å². The first-order valence-corrected chi connectivity index (χ1v) is 9.27. The van der Waals surface area contributed by atoms with E-state index >= 15 is 0 Å².